The maximum atomic E-state index is 13.0. The summed E-state index contributed by atoms with van der Waals surface area (Å²) in [6.45, 7) is 2.86. The zero-order chi connectivity index (χ0) is 19.3. The zero-order valence-corrected chi connectivity index (χ0v) is 14.7. The fourth-order valence-electron chi connectivity index (χ4n) is 1.84. The van der Waals surface area contributed by atoms with Crippen LogP contribution in [0.2, 0.25) is 0 Å². The smallest absolute Gasteiger partial charge is 0.435 e. The molecule has 0 aliphatic rings. The van der Waals surface area contributed by atoms with E-state index in [1.807, 2.05) is 6.92 Å². The molecule has 6 nitrogen and oxygen atoms in total. The van der Waals surface area contributed by atoms with Crippen LogP contribution in [0.3, 0.4) is 0 Å². The number of carbonyl (C=O) groups excluding carboxylic acids is 2. The van der Waals surface area contributed by atoms with Gasteiger partial charge in [0.2, 0.25) is 0 Å². The Hall–Kier alpha value is -2.62. The number of nitrogens with zero attached hydrogens (tertiary/aromatic N) is 1. The van der Waals surface area contributed by atoms with Gasteiger partial charge in [0, 0.05) is 0 Å². The lowest BCUT2D eigenvalue weighted by Gasteiger charge is -2.06. The lowest BCUT2D eigenvalue weighted by Crippen LogP contribution is -2.20. The van der Waals surface area contributed by atoms with Gasteiger partial charge in [-0.2, -0.15) is 13.2 Å². The van der Waals surface area contributed by atoms with Gasteiger partial charge in [-0.15, -0.1) is 0 Å². The molecule has 0 bridgehead atoms. The fourth-order valence-corrected chi connectivity index (χ4v) is 2.73. The Bertz CT molecular complexity index is 788. The molecule has 0 saturated carbocycles. The number of anilines is 1. The SMILES string of the molecule is CCOC(=O)c1sc(NC(=O)COc2ccc(C)cc2)nc1C(F)(F)F. The molecule has 10 heteroatoms. The van der Waals surface area contributed by atoms with E-state index in [0.29, 0.717) is 17.1 Å². The van der Waals surface area contributed by atoms with Crippen LogP contribution in [-0.2, 0) is 15.7 Å². The molecule has 0 atom stereocenters. The largest absolute Gasteiger partial charge is 0.484 e. The van der Waals surface area contributed by atoms with Gasteiger partial charge in [0.25, 0.3) is 5.91 Å². The molecule has 2 rings (SSSR count). The van der Waals surface area contributed by atoms with Crippen molar-refractivity contribution in [3.8, 4) is 5.75 Å². The number of benzene rings is 1. The lowest BCUT2D eigenvalue weighted by molar-refractivity contribution is -0.141. The minimum absolute atomic E-state index is 0.0832. The molecule has 140 valence electrons. The molecule has 1 amide bonds. The molecule has 1 aromatic heterocycles. The van der Waals surface area contributed by atoms with E-state index in [0.717, 1.165) is 5.56 Å². The maximum Gasteiger partial charge on any atom is 0.435 e. The van der Waals surface area contributed by atoms with Crippen LogP contribution in [0, 0.1) is 6.92 Å². The maximum absolute atomic E-state index is 13.0. The Balaban J connectivity index is 2.07. The van der Waals surface area contributed by atoms with E-state index in [1.165, 1.54) is 6.92 Å². The summed E-state index contributed by atoms with van der Waals surface area (Å²) in [6.07, 6.45) is -4.85. The number of rotatable bonds is 6. The summed E-state index contributed by atoms with van der Waals surface area (Å²) in [6, 6.07) is 6.89. The predicted molar refractivity (Wildman–Crippen MR) is 88.4 cm³/mol. The first-order valence-corrected chi connectivity index (χ1v) is 8.26. The Morgan fingerprint density at radius 2 is 1.88 bits per heavy atom. The average Bonchev–Trinajstić information content (AvgIpc) is 2.99. The molecule has 26 heavy (non-hydrogen) atoms. The zero-order valence-electron chi connectivity index (χ0n) is 13.8. The van der Waals surface area contributed by atoms with E-state index in [4.69, 9.17) is 4.74 Å². The molecule has 1 N–H and O–H groups in total. The van der Waals surface area contributed by atoms with E-state index in [1.54, 1.807) is 24.3 Å². The van der Waals surface area contributed by atoms with Gasteiger partial charge >= 0.3 is 12.1 Å². The second-order valence-electron chi connectivity index (χ2n) is 5.06. The minimum atomic E-state index is -4.85. The molecular formula is C16H15F3N2O4S. The van der Waals surface area contributed by atoms with Crippen molar-refractivity contribution >= 4 is 28.3 Å². The number of aryl methyl sites for hydroxylation is 1. The summed E-state index contributed by atoms with van der Waals surface area (Å²) < 4.78 is 48.8. The van der Waals surface area contributed by atoms with Crippen LogP contribution in [0.1, 0.15) is 27.9 Å². The van der Waals surface area contributed by atoms with Gasteiger partial charge in [0.1, 0.15) is 10.6 Å². The van der Waals surface area contributed by atoms with Crippen molar-refractivity contribution in [3.63, 3.8) is 0 Å². The van der Waals surface area contributed by atoms with Crippen molar-refractivity contribution in [2.75, 3.05) is 18.5 Å². The van der Waals surface area contributed by atoms with Gasteiger partial charge in [-0.3, -0.25) is 10.1 Å². The van der Waals surface area contributed by atoms with Gasteiger partial charge in [0.05, 0.1) is 6.61 Å². The third kappa shape index (κ3) is 5.19. The minimum Gasteiger partial charge on any atom is -0.484 e. The summed E-state index contributed by atoms with van der Waals surface area (Å²) in [5.74, 6) is -1.41. The predicted octanol–water partition coefficient (Wildman–Crippen LogP) is 3.66. The summed E-state index contributed by atoms with van der Waals surface area (Å²) in [4.78, 5) is 26.1. The Kier molecular flexibility index (Phi) is 6.19. The van der Waals surface area contributed by atoms with Crippen LogP contribution in [0.25, 0.3) is 0 Å². The number of alkyl halides is 3. The molecule has 0 unspecified atom stereocenters. The second kappa shape index (κ2) is 8.17. The molecule has 1 heterocycles. The molecule has 2 aromatic rings. The summed E-state index contributed by atoms with van der Waals surface area (Å²) in [7, 11) is 0. The van der Waals surface area contributed by atoms with Crippen LogP contribution >= 0.6 is 11.3 Å². The number of halogens is 3. The first-order valence-electron chi connectivity index (χ1n) is 7.45. The van der Waals surface area contributed by atoms with Crippen LogP contribution in [0.4, 0.5) is 18.3 Å². The Labute approximate surface area is 150 Å². The molecule has 1 aromatic carbocycles. The van der Waals surface area contributed by atoms with Gasteiger partial charge in [-0.1, -0.05) is 29.0 Å². The highest BCUT2D eigenvalue weighted by atomic mass is 32.1. The standard InChI is InChI=1S/C16H15F3N2O4S/c1-3-24-14(23)12-13(16(17,18)19)21-15(26-12)20-11(22)8-25-10-6-4-9(2)5-7-10/h4-7H,3,8H2,1-2H3,(H,20,21,22). The monoisotopic (exact) mass is 388 g/mol. The number of hydrogen-bond donors (Lipinski definition) is 1. The van der Waals surface area contributed by atoms with E-state index in [2.05, 4.69) is 15.0 Å². The fraction of sp³-hybridized carbons (Fsp3) is 0.312. The molecule has 0 aliphatic heterocycles. The summed E-state index contributed by atoms with van der Waals surface area (Å²) in [5, 5.41) is 1.83. The number of amides is 1. The molecule has 0 aliphatic carbocycles. The quantitative estimate of drug-likeness (QED) is 0.764. The number of aromatic nitrogens is 1. The van der Waals surface area contributed by atoms with Crippen molar-refractivity contribution < 1.29 is 32.2 Å². The first-order chi connectivity index (χ1) is 12.2. The normalized spacial score (nSPS) is 11.1. The molecule has 0 radical (unpaired) electrons. The third-order valence-corrected chi connectivity index (χ3v) is 3.94. The van der Waals surface area contributed by atoms with Crippen molar-refractivity contribution in [1.29, 1.82) is 0 Å². The highest BCUT2D eigenvalue weighted by Gasteiger charge is 2.40. The number of thiazole rings is 1. The van der Waals surface area contributed by atoms with Crippen LogP contribution in [-0.4, -0.2) is 30.1 Å². The van der Waals surface area contributed by atoms with Gasteiger partial charge in [-0.05, 0) is 26.0 Å². The molecule has 0 fully saturated rings. The topological polar surface area (TPSA) is 77.5 Å². The van der Waals surface area contributed by atoms with Crippen LogP contribution in [0.5, 0.6) is 5.75 Å². The van der Waals surface area contributed by atoms with E-state index in [-0.39, 0.29) is 11.7 Å². The number of hydrogen-bond acceptors (Lipinski definition) is 6. The lowest BCUT2D eigenvalue weighted by atomic mass is 10.2. The molecule has 0 saturated heterocycles. The second-order valence-corrected chi connectivity index (χ2v) is 6.06. The van der Waals surface area contributed by atoms with E-state index in [9.17, 15) is 22.8 Å². The average molecular weight is 388 g/mol. The van der Waals surface area contributed by atoms with Crippen molar-refractivity contribution in [3.05, 3.63) is 40.4 Å². The van der Waals surface area contributed by atoms with Crippen LogP contribution < -0.4 is 10.1 Å². The Morgan fingerprint density at radius 3 is 2.46 bits per heavy atom. The summed E-state index contributed by atoms with van der Waals surface area (Å²) >= 11 is 0.393. The third-order valence-electron chi connectivity index (χ3n) is 2.99. The molecular weight excluding hydrogens is 373 g/mol. The van der Waals surface area contributed by atoms with Gasteiger partial charge in [-0.25, -0.2) is 9.78 Å². The number of carbonyl (C=O) groups is 2. The number of ether oxygens (including phenoxy) is 2. The van der Waals surface area contributed by atoms with Gasteiger partial charge in [0.15, 0.2) is 17.4 Å². The van der Waals surface area contributed by atoms with Crippen molar-refractivity contribution in [2.24, 2.45) is 0 Å². The summed E-state index contributed by atoms with van der Waals surface area (Å²) in [5.41, 5.74) is -0.383. The highest BCUT2D eigenvalue weighted by Crippen LogP contribution is 2.36. The Morgan fingerprint density at radius 1 is 1.23 bits per heavy atom. The number of esters is 1. The van der Waals surface area contributed by atoms with Crippen molar-refractivity contribution in [1.82, 2.24) is 4.98 Å². The van der Waals surface area contributed by atoms with E-state index >= 15 is 0 Å². The van der Waals surface area contributed by atoms with E-state index < -0.39 is 35.2 Å². The molecule has 0 spiro atoms. The van der Waals surface area contributed by atoms with Gasteiger partial charge < -0.3 is 9.47 Å². The first kappa shape index (κ1) is 19.7. The number of nitrogens with one attached hydrogen (secondary N) is 1. The highest BCUT2D eigenvalue weighted by molar-refractivity contribution is 7.17. The van der Waals surface area contributed by atoms with Crippen LogP contribution in [0.15, 0.2) is 24.3 Å². The van der Waals surface area contributed by atoms with Crippen molar-refractivity contribution in [2.45, 2.75) is 20.0 Å².